The summed E-state index contributed by atoms with van der Waals surface area (Å²) >= 11 is 1.66. The second-order valence-electron chi connectivity index (χ2n) is 6.26. The van der Waals surface area contributed by atoms with Crippen LogP contribution in [0.25, 0.3) is 0 Å². The maximum absolute atomic E-state index is 12.2. The summed E-state index contributed by atoms with van der Waals surface area (Å²) in [5.74, 6) is 0.414. The number of hydrogen-bond acceptors (Lipinski definition) is 6. The number of nitrogens with one attached hydrogen (secondary N) is 1. The van der Waals surface area contributed by atoms with E-state index in [2.05, 4.69) is 10.3 Å². The Morgan fingerprint density at radius 1 is 1.18 bits per heavy atom. The average Bonchev–Trinajstić information content (AvgIpc) is 2.74. The molecule has 1 saturated heterocycles. The van der Waals surface area contributed by atoms with E-state index in [9.17, 15) is 13.2 Å². The van der Waals surface area contributed by atoms with Gasteiger partial charge in [-0.25, -0.2) is 8.42 Å². The Balaban J connectivity index is 1.45. The van der Waals surface area contributed by atoms with E-state index >= 15 is 0 Å². The number of sulfonamides is 1. The van der Waals surface area contributed by atoms with Crippen molar-refractivity contribution in [3.63, 3.8) is 0 Å². The maximum Gasteiger partial charge on any atom is 0.251 e. The van der Waals surface area contributed by atoms with Crippen LogP contribution in [0.15, 0.2) is 53.7 Å². The van der Waals surface area contributed by atoms with Crippen molar-refractivity contribution in [3.05, 3.63) is 59.9 Å². The number of morpholine rings is 1. The summed E-state index contributed by atoms with van der Waals surface area (Å²) in [4.78, 5) is 17.4. The number of hydrogen-bond donors (Lipinski definition) is 1. The summed E-state index contributed by atoms with van der Waals surface area (Å²) in [6.07, 6.45) is 3.58. The molecule has 0 aliphatic carbocycles. The van der Waals surface area contributed by atoms with Gasteiger partial charge in [0.1, 0.15) is 0 Å². The molecule has 9 heteroatoms. The highest BCUT2D eigenvalue weighted by atomic mass is 32.2. The van der Waals surface area contributed by atoms with E-state index in [1.165, 1.54) is 4.31 Å². The van der Waals surface area contributed by atoms with Crippen LogP contribution in [0.1, 0.15) is 15.9 Å². The Labute approximate surface area is 169 Å². The molecule has 3 rings (SSSR count). The van der Waals surface area contributed by atoms with Gasteiger partial charge in [0, 0.05) is 48.2 Å². The quantitative estimate of drug-likeness (QED) is 0.654. The van der Waals surface area contributed by atoms with Gasteiger partial charge >= 0.3 is 0 Å². The first kappa shape index (κ1) is 20.8. The molecule has 28 heavy (non-hydrogen) atoms. The van der Waals surface area contributed by atoms with E-state index in [-0.39, 0.29) is 18.2 Å². The zero-order valence-corrected chi connectivity index (χ0v) is 17.0. The number of nitrogens with zero attached hydrogens (tertiary/aromatic N) is 2. The minimum Gasteiger partial charge on any atom is -0.379 e. The number of pyridine rings is 1. The first-order valence-corrected chi connectivity index (χ1v) is 11.6. The van der Waals surface area contributed by atoms with E-state index in [4.69, 9.17) is 4.74 Å². The molecule has 1 fully saturated rings. The Bertz CT molecular complexity index is 868. The molecule has 1 N–H and O–H groups in total. The highest BCUT2D eigenvalue weighted by molar-refractivity contribution is 7.98. The fourth-order valence-corrected chi connectivity index (χ4v) is 4.86. The summed E-state index contributed by atoms with van der Waals surface area (Å²) in [6.45, 7) is 1.65. The largest absolute Gasteiger partial charge is 0.379 e. The molecule has 1 aromatic carbocycles. The lowest BCUT2D eigenvalue weighted by Crippen LogP contribution is -2.43. The molecule has 7 nitrogen and oxygen atoms in total. The van der Waals surface area contributed by atoms with Crippen LogP contribution in [0.5, 0.6) is 0 Å². The van der Waals surface area contributed by atoms with Gasteiger partial charge < -0.3 is 10.1 Å². The van der Waals surface area contributed by atoms with Crippen LogP contribution in [-0.2, 0) is 20.5 Å². The highest BCUT2D eigenvalue weighted by Gasteiger charge is 2.24. The van der Waals surface area contributed by atoms with E-state index in [0.717, 1.165) is 16.2 Å². The number of carbonyl (C=O) groups is 1. The zero-order valence-electron chi connectivity index (χ0n) is 15.4. The monoisotopic (exact) mass is 421 g/mol. The fourth-order valence-electron chi connectivity index (χ4n) is 2.70. The molecular weight excluding hydrogens is 398 g/mol. The number of rotatable bonds is 8. The lowest BCUT2D eigenvalue weighted by atomic mass is 10.2. The van der Waals surface area contributed by atoms with Gasteiger partial charge in [0.25, 0.3) is 5.91 Å². The molecule has 0 radical (unpaired) electrons. The molecule has 1 aliphatic heterocycles. The second-order valence-corrected chi connectivity index (χ2v) is 9.39. The summed E-state index contributed by atoms with van der Waals surface area (Å²) in [6, 6.07) is 11.2. The second kappa shape index (κ2) is 10.0. The summed E-state index contributed by atoms with van der Waals surface area (Å²) in [5, 5.41) is 2.68. The van der Waals surface area contributed by atoms with Crippen LogP contribution in [0.2, 0.25) is 0 Å². The third kappa shape index (κ3) is 6.03. The van der Waals surface area contributed by atoms with Crippen molar-refractivity contribution in [1.82, 2.24) is 14.6 Å². The average molecular weight is 422 g/mol. The van der Waals surface area contributed by atoms with Crippen molar-refractivity contribution in [1.29, 1.82) is 0 Å². The summed E-state index contributed by atoms with van der Waals surface area (Å²) in [7, 11) is -3.37. The number of aromatic nitrogens is 1. The summed E-state index contributed by atoms with van der Waals surface area (Å²) < 4.78 is 31.1. The van der Waals surface area contributed by atoms with Crippen LogP contribution >= 0.6 is 11.8 Å². The molecule has 2 aromatic rings. The number of thioether (sulfide) groups is 1. The number of ether oxygens (including phenoxy) is 1. The third-order valence-corrected chi connectivity index (χ3v) is 7.21. The van der Waals surface area contributed by atoms with Crippen molar-refractivity contribution >= 4 is 27.7 Å². The van der Waals surface area contributed by atoms with Gasteiger partial charge in [-0.05, 0) is 35.9 Å². The van der Waals surface area contributed by atoms with Crippen molar-refractivity contribution in [2.75, 3.05) is 38.6 Å². The standard InChI is InChI=1S/C19H23N3O4S2/c23-19(21-8-13-28(24,25)22-9-11-26-12-10-22)17-3-5-18(6-4-17)27-15-16-2-1-7-20-14-16/h1-7,14H,8-13,15H2,(H,21,23). The SMILES string of the molecule is O=C(NCCS(=O)(=O)N1CCOCC1)c1ccc(SCc2cccnc2)cc1. The van der Waals surface area contributed by atoms with E-state index in [0.29, 0.717) is 31.9 Å². The molecule has 0 saturated carbocycles. The van der Waals surface area contributed by atoms with Gasteiger partial charge in [-0.2, -0.15) is 4.31 Å². The third-order valence-electron chi connectivity index (χ3n) is 4.25. The summed E-state index contributed by atoms with van der Waals surface area (Å²) in [5.41, 5.74) is 1.64. The van der Waals surface area contributed by atoms with E-state index in [1.807, 2.05) is 30.5 Å². The number of amides is 1. The first-order chi connectivity index (χ1) is 13.5. The molecule has 0 atom stereocenters. The Morgan fingerprint density at radius 2 is 1.93 bits per heavy atom. The van der Waals surface area contributed by atoms with E-state index < -0.39 is 10.0 Å². The van der Waals surface area contributed by atoms with E-state index in [1.54, 1.807) is 30.1 Å². The Morgan fingerprint density at radius 3 is 2.61 bits per heavy atom. The van der Waals surface area contributed by atoms with Crippen molar-refractivity contribution in [2.45, 2.75) is 10.6 Å². The molecule has 150 valence electrons. The lowest BCUT2D eigenvalue weighted by Gasteiger charge is -2.26. The fraction of sp³-hybridized carbons (Fsp3) is 0.368. The number of benzene rings is 1. The van der Waals surface area contributed by atoms with Crippen LogP contribution in [0, 0.1) is 0 Å². The minimum absolute atomic E-state index is 0.0794. The van der Waals surface area contributed by atoms with Crippen molar-refractivity contribution in [3.8, 4) is 0 Å². The van der Waals surface area contributed by atoms with Gasteiger partial charge in [-0.3, -0.25) is 9.78 Å². The molecule has 0 bridgehead atoms. The molecule has 0 unspecified atom stereocenters. The van der Waals surface area contributed by atoms with Gasteiger partial charge in [-0.15, -0.1) is 11.8 Å². The normalized spacial score (nSPS) is 15.3. The highest BCUT2D eigenvalue weighted by Crippen LogP contribution is 2.22. The van der Waals surface area contributed by atoms with Crippen LogP contribution < -0.4 is 5.32 Å². The Kier molecular flexibility index (Phi) is 7.43. The van der Waals surface area contributed by atoms with Gasteiger partial charge in [0.2, 0.25) is 10.0 Å². The molecule has 2 heterocycles. The molecule has 1 aromatic heterocycles. The Hall–Kier alpha value is -1.94. The first-order valence-electron chi connectivity index (χ1n) is 9.00. The van der Waals surface area contributed by atoms with Gasteiger partial charge in [0.05, 0.1) is 19.0 Å². The molecule has 1 amide bonds. The minimum atomic E-state index is -3.37. The maximum atomic E-state index is 12.2. The van der Waals surface area contributed by atoms with Crippen molar-refractivity contribution in [2.24, 2.45) is 0 Å². The lowest BCUT2D eigenvalue weighted by molar-refractivity contribution is 0.0730. The zero-order chi connectivity index (χ0) is 19.8. The number of carbonyl (C=O) groups excluding carboxylic acids is 1. The van der Waals surface area contributed by atoms with Crippen LogP contribution in [0.4, 0.5) is 0 Å². The van der Waals surface area contributed by atoms with Gasteiger partial charge in [0.15, 0.2) is 0 Å². The predicted octanol–water partition coefficient (Wildman–Crippen LogP) is 1.77. The topological polar surface area (TPSA) is 88.6 Å². The smallest absolute Gasteiger partial charge is 0.251 e. The van der Waals surface area contributed by atoms with Gasteiger partial charge in [-0.1, -0.05) is 6.07 Å². The molecule has 0 spiro atoms. The molecule has 1 aliphatic rings. The predicted molar refractivity (Wildman–Crippen MR) is 109 cm³/mol. The molecular formula is C19H23N3O4S2. The van der Waals surface area contributed by atoms with Crippen LogP contribution in [0.3, 0.4) is 0 Å². The van der Waals surface area contributed by atoms with Crippen LogP contribution in [-0.4, -0.2) is 62.2 Å². The van der Waals surface area contributed by atoms with Crippen molar-refractivity contribution < 1.29 is 17.9 Å².